The van der Waals surface area contributed by atoms with E-state index in [9.17, 15) is 13.2 Å². The maximum atomic E-state index is 12.4. The van der Waals surface area contributed by atoms with Gasteiger partial charge in [0, 0.05) is 55.7 Å². The van der Waals surface area contributed by atoms with Gasteiger partial charge in [-0.1, -0.05) is 18.3 Å². The summed E-state index contributed by atoms with van der Waals surface area (Å²) in [5, 5.41) is 0. The normalized spacial score (nSPS) is 14.9. The Balaban J connectivity index is 1.58. The summed E-state index contributed by atoms with van der Waals surface area (Å²) in [6.45, 7) is 6.79. The summed E-state index contributed by atoms with van der Waals surface area (Å²) in [5.41, 5.74) is 3.81. The SMILES string of the molecule is Cc1cc(C)nc(CC(=S)N2CCN(c3cccc(OC(F)(F)F)c3)CC2)c1. The van der Waals surface area contributed by atoms with Gasteiger partial charge in [-0.25, -0.2) is 0 Å². The molecule has 1 aliphatic rings. The molecular formula is C20H22F3N3OS. The number of halogens is 3. The van der Waals surface area contributed by atoms with E-state index in [0.717, 1.165) is 21.9 Å². The molecule has 1 aliphatic heterocycles. The van der Waals surface area contributed by atoms with Crippen LogP contribution in [0.3, 0.4) is 0 Å². The number of hydrogen-bond donors (Lipinski definition) is 0. The van der Waals surface area contributed by atoms with Gasteiger partial charge in [0.15, 0.2) is 0 Å². The van der Waals surface area contributed by atoms with Crippen molar-refractivity contribution in [3.05, 3.63) is 53.3 Å². The highest BCUT2D eigenvalue weighted by Crippen LogP contribution is 2.27. The maximum absolute atomic E-state index is 12.4. The first-order valence-corrected chi connectivity index (χ1v) is 9.43. The number of thiocarbonyl (C=S) groups is 1. The molecular weight excluding hydrogens is 387 g/mol. The molecule has 8 heteroatoms. The van der Waals surface area contributed by atoms with Crippen molar-refractivity contribution in [3.63, 3.8) is 0 Å². The minimum atomic E-state index is -4.69. The molecule has 1 saturated heterocycles. The number of aromatic nitrogens is 1. The van der Waals surface area contributed by atoms with Gasteiger partial charge < -0.3 is 14.5 Å². The smallest absolute Gasteiger partial charge is 0.406 e. The van der Waals surface area contributed by atoms with Gasteiger partial charge in [-0.2, -0.15) is 0 Å². The molecule has 0 radical (unpaired) electrons. The second kappa shape index (κ2) is 8.34. The Morgan fingerprint density at radius 3 is 2.46 bits per heavy atom. The Labute approximate surface area is 167 Å². The third kappa shape index (κ3) is 5.58. The summed E-state index contributed by atoms with van der Waals surface area (Å²) in [6, 6.07) is 10.2. The van der Waals surface area contributed by atoms with E-state index in [1.54, 1.807) is 12.1 Å². The van der Waals surface area contributed by atoms with Crippen molar-refractivity contribution >= 4 is 22.9 Å². The molecule has 0 unspecified atom stereocenters. The van der Waals surface area contributed by atoms with Crippen LogP contribution in [0.15, 0.2) is 36.4 Å². The molecule has 0 amide bonds. The summed E-state index contributed by atoms with van der Waals surface area (Å²) in [4.78, 5) is 9.56. The number of alkyl halides is 3. The molecule has 1 aromatic heterocycles. The van der Waals surface area contributed by atoms with Crippen molar-refractivity contribution in [1.29, 1.82) is 0 Å². The van der Waals surface area contributed by atoms with Crippen molar-refractivity contribution < 1.29 is 17.9 Å². The van der Waals surface area contributed by atoms with E-state index >= 15 is 0 Å². The Hall–Kier alpha value is -2.35. The number of aryl methyl sites for hydroxylation is 2. The third-order valence-corrected chi connectivity index (χ3v) is 4.93. The Bertz CT molecular complexity index is 829. The number of piperazine rings is 1. The maximum Gasteiger partial charge on any atom is 0.573 e. The minimum absolute atomic E-state index is 0.205. The molecule has 0 saturated carbocycles. The lowest BCUT2D eigenvalue weighted by atomic mass is 10.1. The zero-order valence-electron chi connectivity index (χ0n) is 15.8. The van der Waals surface area contributed by atoms with Crippen LogP contribution < -0.4 is 9.64 Å². The van der Waals surface area contributed by atoms with Gasteiger partial charge in [0.1, 0.15) is 5.75 Å². The fourth-order valence-electron chi connectivity index (χ4n) is 3.37. The van der Waals surface area contributed by atoms with Crippen molar-refractivity contribution in [2.24, 2.45) is 0 Å². The molecule has 4 nitrogen and oxygen atoms in total. The van der Waals surface area contributed by atoms with Crippen LogP contribution in [0.25, 0.3) is 0 Å². The van der Waals surface area contributed by atoms with E-state index in [2.05, 4.69) is 14.6 Å². The zero-order chi connectivity index (χ0) is 20.3. The van der Waals surface area contributed by atoms with Crippen molar-refractivity contribution in [2.75, 3.05) is 31.1 Å². The van der Waals surface area contributed by atoms with Crippen LogP contribution in [0.2, 0.25) is 0 Å². The van der Waals surface area contributed by atoms with Gasteiger partial charge >= 0.3 is 6.36 Å². The van der Waals surface area contributed by atoms with Crippen LogP contribution in [0.4, 0.5) is 18.9 Å². The largest absolute Gasteiger partial charge is 0.573 e. The first-order valence-electron chi connectivity index (χ1n) is 9.02. The highest BCUT2D eigenvalue weighted by Gasteiger charge is 2.31. The fourth-order valence-corrected chi connectivity index (χ4v) is 3.70. The van der Waals surface area contributed by atoms with Crippen LogP contribution in [0.5, 0.6) is 5.75 Å². The Morgan fingerprint density at radius 1 is 1.11 bits per heavy atom. The summed E-state index contributed by atoms with van der Waals surface area (Å²) < 4.78 is 41.3. The molecule has 2 aromatic rings. The monoisotopic (exact) mass is 409 g/mol. The van der Waals surface area contributed by atoms with Crippen LogP contribution in [0.1, 0.15) is 17.0 Å². The number of benzene rings is 1. The topological polar surface area (TPSA) is 28.6 Å². The molecule has 150 valence electrons. The molecule has 0 aliphatic carbocycles. The lowest BCUT2D eigenvalue weighted by Gasteiger charge is -2.37. The van der Waals surface area contributed by atoms with Crippen LogP contribution in [-0.2, 0) is 6.42 Å². The molecule has 28 heavy (non-hydrogen) atoms. The summed E-state index contributed by atoms with van der Waals surface area (Å²) in [6.07, 6.45) is -4.07. The van der Waals surface area contributed by atoms with Crippen LogP contribution >= 0.6 is 12.2 Å². The van der Waals surface area contributed by atoms with E-state index in [-0.39, 0.29) is 5.75 Å². The van der Waals surface area contributed by atoms with Crippen molar-refractivity contribution in [3.8, 4) is 5.75 Å². The predicted octanol–water partition coefficient (Wildman–Crippen LogP) is 4.29. The van der Waals surface area contributed by atoms with Gasteiger partial charge in [-0.15, -0.1) is 13.2 Å². The first kappa shape index (κ1) is 20.4. The highest BCUT2D eigenvalue weighted by atomic mass is 32.1. The minimum Gasteiger partial charge on any atom is -0.406 e. The quantitative estimate of drug-likeness (QED) is 0.703. The van der Waals surface area contributed by atoms with Crippen molar-refractivity contribution in [2.45, 2.75) is 26.6 Å². The van der Waals surface area contributed by atoms with E-state index in [1.807, 2.05) is 30.9 Å². The molecule has 3 rings (SSSR count). The number of hydrogen-bond acceptors (Lipinski definition) is 4. The first-order chi connectivity index (χ1) is 13.2. The highest BCUT2D eigenvalue weighted by molar-refractivity contribution is 7.80. The molecule has 2 heterocycles. The number of rotatable bonds is 4. The van der Waals surface area contributed by atoms with E-state index < -0.39 is 6.36 Å². The molecule has 0 bridgehead atoms. The number of anilines is 1. The Morgan fingerprint density at radius 2 is 1.82 bits per heavy atom. The standard InChI is InChI=1S/C20H22F3N3OS/c1-14-10-15(2)24-16(11-14)12-19(28)26-8-6-25(7-9-26)17-4-3-5-18(13-17)27-20(21,22)23/h3-5,10-11,13H,6-9,12H2,1-2H3. The Kier molecular flexibility index (Phi) is 6.07. The predicted molar refractivity (Wildman–Crippen MR) is 107 cm³/mol. The number of pyridine rings is 1. The second-order valence-corrected chi connectivity index (χ2v) is 7.34. The lowest BCUT2D eigenvalue weighted by molar-refractivity contribution is -0.274. The lowest BCUT2D eigenvalue weighted by Crippen LogP contribution is -2.48. The molecule has 1 fully saturated rings. The van der Waals surface area contributed by atoms with Crippen molar-refractivity contribution in [1.82, 2.24) is 9.88 Å². The zero-order valence-corrected chi connectivity index (χ0v) is 16.6. The van der Waals surface area contributed by atoms with E-state index in [4.69, 9.17) is 12.2 Å². The number of nitrogens with zero attached hydrogens (tertiary/aromatic N) is 3. The summed E-state index contributed by atoms with van der Waals surface area (Å²) in [7, 11) is 0. The van der Waals surface area contributed by atoms with Gasteiger partial charge in [-0.3, -0.25) is 4.98 Å². The van der Waals surface area contributed by atoms with E-state index in [1.165, 1.54) is 12.1 Å². The van der Waals surface area contributed by atoms with E-state index in [0.29, 0.717) is 38.3 Å². The van der Waals surface area contributed by atoms with Gasteiger partial charge in [0.25, 0.3) is 0 Å². The summed E-state index contributed by atoms with van der Waals surface area (Å²) in [5.74, 6) is -0.205. The number of ether oxygens (including phenoxy) is 1. The van der Waals surface area contributed by atoms with Gasteiger partial charge in [0.2, 0.25) is 0 Å². The molecule has 0 spiro atoms. The summed E-state index contributed by atoms with van der Waals surface area (Å²) >= 11 is 5.60. The molecule has 0 N–H and O–H groups in total. The van der Waals surface area contributed by atoms with Gasteiger partial charge in [0.05, 0.1) is 4.99 Å². The fraction of sp³-hybridized carbons (Fsp3) is 0.400. The van der Waals surface area contributed by atoms with Gasteiger partial charge in [-0.05, 0) is 43.7 Å². The average molecular weight is 409 g/mol. The second-order valence-electron chi connectivity index (χ2n) is 6.87. The molecule has 1 aromatic carbocycles. The van der Waals surface area contributed by atoms with Crippen LogP contribution in [0, 0.1) is 13.8 Å². The molecule has 0 atom stereocenters. The third-order valence-electron chi connectivity index (χ3n) is 4.53. The average Bonchev–Trinajstić information content (AvgIpc) is 2.60. The van der Waals surface area contributed by atoms with Crippen LogP contribution in [-0.4, -0.2) is 47.4 Å².